The van der Waals surface area contributed by atoms with E-state index >= 15 is 0 Å². The number of hydrogen-bond donors (Lipinski definition) is 0. The first kappa shape index (κ1) is 19.0. The zero-order valence-corrected chi connectivity index (χ0v) is 16.4. The van der Waals surface area contributed by atoms with Crippen LogP contribution >= 0.6 is 0 Å². The van der Waals surface area contributed by atoms with Gasteiger partial charge in [-0.2, -0.15) is 0 Å². The van der Waals surface area contributed by atoms with Crippen LogP contribution in [0.2, 0.25) is 0 Å². The molecule has 2 fully saturated rings. The SMILES string of the molecule is CCC1CCC(C#Cc2ccc(C#CC3CCC(CC)CC3)nn2)CC1. The molecule has 0 N–H and O–H groups in total. The highest BCUT2D eigenvalue weighted by Crippen LogP contribution is 2.30. The molecule has 1 heterocycles. The standard InChI is InChI=1S/C24H32N2/c1-3-19-5-9-21(10-6-19)13-15-23-17-18-24(26-25-23)16-14-22-11-7-20(4-2)8-12-22/h17-22H,3-12H2,1-2H3. The van der Waals surface area contributed by atoms with Crippen LogP contribution in [0.5, 0.6) is 0 Å². The molecule has 2 aliphatic carbocycles. The van der Waals surface area contributed by atoms with Crippen LogP contribution in [-0.4, -0.2) is 10.2 Å². The second kappa shape index (κ2) is 9.78. The van der Waals surface area contributed by atoms with E-state index in [1.54, 1.807) is 0 Å². The van der Waals surface area contributed by atoms with Crippen molar-refractivity contribution in [1.29, 1.82) is 0 Å². The lowest BCUT2D eigenvalue weighted by molar-refractivity contribution is 0.309. The smallest absolute Gasteiger partial charge is 0.135 e. The average molecular weight is 349 g/mol. The van der Waals surface area contributed by atoms with E-state index in [0.29, 0.717) is 11.8 Å². The third-order valence-electron chi connectivity index (χ3n) is 6.32. The van der Waals surface area contributed by atoms with Crippen molar-refractivity contribution in [3.05, 3.63) is 23.5 Å². The molecule has 2 aliphatic rings. The third-order valence-corrected chi connectivity index (χ3v) is 6.32. The van der Waals surface area contributed by atoms with Crippen molar-refractivity contribution >= 4 is 0 Å². The first-order valence-electron chi connectivity index (χ1n) is 10.6. The molecule has 0 aromatic carbocycles. The van der Waals surface area contributed by atoms with E-state index in [-0.39, 0.29) is 0 Å². The first-order chi connectivity index (χ1) is 12.8. The van der Waals surface area contributed by atoms with Crippen molar-refractivity contribution in [2.75, 3.05) is 0 Å². The quantitative estimate of drug-likeness (QED) is 0.649. The van der Waals surface area contributed by atoms with Gasteiger partial charge in [-0.25, -0.2) is 0 Å². The molecular weight excluding hydrogens is 316 g/mol. The fourth-order valence-electron chi connectivity index (χ4n) is 4.25. The molecule has 0 amide bonds. The van der Waals surface area contributed by atoms with Gasteiger partial charge in [0.1, 0.15) is 11.4 Å². The van der Waals surface area contributed by atoms with E-state index in [9.17, 15) is 0 Å². The zero-order chi connectivity index (χ0) is 18.2. The third kappa shape index (κ3) is 5.60. The molecular formula is C24H32N2. The highest BCUT2D eigenvalue weighted by molar-refractivity contribution is 5.32. The highest BCUT2D eigenvalue weighted by atomic mass is 15.1. The summed E-state index contributed by atoms with van der Waals surface area (Å²) < 4.78 is 0. The molecule has 26 heavy (non-hydrogen) atoms. The fourth-order valence-corrected chi connectivity index (χ4v) is 4.25. The van der Waals surface area contributed by atoms with Crippen LogP contribution in [0.25, 0.3) is 0 Å². The summed E-state index contributed by atoms with van der Waals surface area (Å²) >= 11 is 0. The summed E-state index contributed by atoms with van der Waals surface area (Å²) in [6.07, 6.45) is 12.9. The Hall–Kier alpha value is -1.80. The van der Waals surface area contributed by atoms with Crippen LogP contribution in [0, 0.1) is 47.4 Å². The van der Waals surface area contributed by atoms with Gasteiger partial charge in [0.05, 0.1) is 0 Å². The summed E-state index contributed by atoms with van der Waals surface area (Å²) in [6.45, 7) is 4.60. The molecule has 3 rings (SSSR count). The van der Waals surface area contributed by atoms with Crippen molar-refractivity contribution in [1.82, 2.24) is 10.2 Å². The van der Waals surface area contributed by atoms with E-state index in [1.807, 2.05) is 12.1 Å². The Morgan fingerprint density at radius 2 is 1.08 bits per heavy atom. The Balaban J connectivity index is 1.50. The van der Waals surface area contributed by atoms with Gasteiger partial charge in [-0.15, -0.1) is 10.2 Å². The van der Waals surface area contributed by atoms with Gasteiger partial charge in [0, 0.05) is 11.8 Å². The Morgan fingerprint density at radius 3 is 1.38 bits per heavy atom. The summed E-state index contributed by atoms with van der Waals surface area (Å²) in [5, 5.41) is 8.51. The van der Waals surface area contributed by atoms with Gasteiger partial charge < -0.3 is 0 Å². The van der Waals surface area contributed by atoms with Gasteiger partial charge in [-0.3, -0.25) is 0 Å². The van der Waals surface area contributed by atoms with Gasteiger partial charge in [-0.05, 0) is 87.2 Å². The van der Waals surface area contributed by atoms with E-state index in [2.05, 4.69) is 47.7 Å². The predicted octanol–water partition coefficient (Wildman–Crippen LogP) is 5.61. The molecule has 0 atom stereocenters. The largest absolute Gasteiger partial charge is 0.141 e. The highest BCUT2D eigenvalue weighted by Gasteiger charge is 2.19. The van der Waals surface area contributed by atoms with E-state index in [4.69, 9.17) is 0 Å². The Labute approximate surface area is 159 Å². The van der Waals surface area contributed by atoms with Gasteiger partial charge in [-0.1, -0.05) is 38.5 Å². The second-order valence-electron chi connectivity index (χ2n) is 8.09. The van der Waals surface area contributed by atoms with Crippen LogP contribution in [0.3, 0.4) is 0 Å². The summed E-state index contributed by atoms with van der Waals surface area (Å²) in [6, 6.07) is 3.94. The molecule has 1 aromatic rings. The number of hydrogen-bond acceptors (Lipinski definition) is 2. The van der Waals surface area contributed by atoms with Crippen molar-refractivity contribution in [3.8, 4) is 23.7 Å². The normalized spacial score (nSPS) is 28.4. The Bertz CT molecular complexity index is 606. The molecule has 0 aliphatic heterocycles. The summed E-state index contributed by atoms with van der Waals surface area (Å²) in [5.74, 6) is 16.2. The molecule has 138 valence electrons. The monoisotopic (exact) mass is 348 g/mol. The minimum atomic E-state index is 0.539. The van der Waals surface area contributed by atoms with Crippen LogP contribution < -0.4 is 0 Å². The molecule has 0 radical (unpaired) electrons. The molecule has 2 nitrogen and oxygen atoms in total. The van der Waals surface area contributed by atoms with E-state index in [0.717, 1.165) is 23.2 Å². The van der Waals surface area contributed by atoms with E-state index < -0.39 is 0 Å². The first-order valence-corrected chi connectivity index (χ1v) is 10.6. The summed E-state index contributed by atoms with van der Waals surface area (Å²) in [5.41, 5.74) is 1.55. The maximum Gasteiger partial charge on any atom is 0.135 e. The van der Waals surface area contributed by atoms with Gasteiger partial charge in [0.15, 0.2) is 0 Å². The van der Waals surface area contributed by atoms with Crippen LogP contribution in [0.15, 0.2) is 12.1 Å². The molecule has 0 saturated heterocycles. The lowest BCUT2D eigenvalue weighted by Gasteiger charge is -2.24. The van der Waals surface area contributed by atoms with Gasteiger partial charge in [0.2, 0.25) is 0 Å². The van der Waals surface area contributed by atoms with Crippen molar-refractivity contribution < 1.29 is 0 Å². The predicted molar refractivity (Wildman–Crippen MR) is 107 cm³/mol. The summed E-state index contributed by atoms with van der Waals surface area (Å²) in [4.78, 5) is 0. The van der Waals surface area contributed by atoms with Crippen LogP contribution in [0.4, 0.5) is 0 Å². The second-order valence-corrected chi connectivity index (χ2v) is 8.09. The maximum atomic E-state index is 4.26. The fraction of sp³-hybridized carbons (Fsp3) is 0.667. The molecule has 0 spiro atoms. The van der Waals surface area contributed by atoms with Crippen molar-refractivity contribution in [2.24, 2.45) is 23.7 Å². The molecule has 1 aromatic heterocycles. The zero-order valence-electron chi connectivity index (χ0n) is 16.4. The van der Waals surface area contributed by atoms with Crippen LogP contribution in [-0.2, 0) is 0 Å². The molecule has 2 heteroatoms. The number of rotatable bonds is 2. The van der Waals surface area contributed by atoms with Crippen LogP contribution in [0.1, 0.15) is 89.4 Å². The van der Waals surface area contributed by atoms with Crippen molar-refractivity contribution in [3.63, 3.8) is 0 Å². The van der Waals surface area contributed by atoms with E-state index in [1.165, 1.54) is 64.2 Å². The Morgan fingerprint density at radius 1 is 0.692 bits per heavy atom. The topological polar surface area (TPSA) is 25.8 Å². The van der Waals surface area contributed by atoms with Crippen molar-refractivity contribution in [2.45, 2.75) is 78.1 Å². The van der Waals surface area contributed by atoms with Gasteiger partial charge in [0.25, 0.3) is 0 Å². The maximum absolute atomic E-state index is 4.26. The lowest BCUT2D eigenvalue weighted by atomic mass is 9.81. The summed E-state index contributed by atoms with van der Waals surface area (Å²) in [7, 11) is 0. The average Bonchev–Trinajstić information content (AvgIpc) is 2.72. The molecule has 0 unspecified atom stereocenters. The minimum absolute atomic E-state index is 0.539. The number of aromatic nitrogens is 2. The van der Waals surface area contributed by atoms with Gasteiger partial charge >= 0.3 is 0 Å². The molecule has 2 saturated carbocycles. The Kier molecular flexibility index (Phi) is 7.13. The minimum Gasteiger partial charge on any atom is -0.141 e. The molecule has 0 bridgehead atoms. The lowest BCUT2D eigenvalue weighted by Crippen LogP contribution is -2.12. The number of nitrogens with zero attached hydrogens (tertiary/aromatic N) is 2.